The Hall–Kier alpha value is -2.86. The number of hydrogen-bond acceptors (Lipinski definition) is 4. The zero-order chi connectivity index (χ0) is 24.9. The van der Waals surface area contributed by atoms with E-state index in [2.05, 4.69) is 60.0 Å². The number of benzene rings is 2. The first-order chi connectivity index (χ1) is 17.0. The van der Waals surface area contributed by atoms with E-state index in [1.807, 2.05) is 30.3 Å². The molecule has 0 aliphatic heterocycles. The maximum absolute atomic E-state index is 12.4. The van der Waals surface area contributed by atoms with Gasteiger partial charge in [0.25, 0.3) is 0 Å². The van der Waals surface area contributed by atoms with Crippen molar-refractivity contribution >= 4 is 12.0 Å². The third-order valence-electron chi connectivity index (χ3n) is 7.17. The van der Waals surface area contributed by atoms with Gasteiger partial charge in [-0.2, -0.15) is 0 Å². The maximum Gasteiger partial charge on any atom is 0.407 e. The average Bonchev–Trinajstić information content (AvgIpc) is 2.87. The summed E-state index contributed by atoms with van der Waals surface area (Å²) in [6, 6.07) is 20.6. The molecule has 0 spiro atoms. The fourth-order valence-corrected chi connectivity index (χ4v) is 4.91. The Bertz CT molecular complexity index is 894. The van der Waals surface area contributed by atoms with Crippen LogP contribution in [0.25, 0.3) is 0 Å². The number of likely N-dealkylation sites (N-methyl/N-ethyl adjacent to an activating group) is 1. The second kappa shape index (κ2) is 13.9. The second-order valence-electron chi connectivity index (χ2n) is 9.92. The smallest absolute Gasteiger partial charge is 0.407 e. The lowest BCUT2D eigenvalue weighted by molar-refractivity contribution is -0.122. The van der Waals surface area contributed by atoms with Crippen molar-refractivity contribution in [2.45, 2.75) is 76.0 Å². The second-order valence-corrected chi connectivity index (χ2v) is 9.92. The fourth-order valence-electron chi connectivity index (χ4n) is 4.91. The van der Waals surface area contributed by atoms with Crippen molar-refractivity contribution < 1.29 is 14.3 Å². The third-order valence-corrected chi connectivity index (χ3v) is 7.17. The third kappa shape index (κ3) is 9.02. The van der Waals surface area contributed by atoms with E-state index in [0.717, 1.165) is 56.9 Å². The Morgan fingerprint density at radius 3 is 2.17 bits per heavy atom. The van der Waals surface area contributed by atoms with E-state index in [1.54, 1.807) is 0 Å². The lowest BCUT2D eigenvalue weighted by Gasteiger charge is -2.45. The maximum atomic E-state index is 12.4. The largest absolute Gasteiger partial charge is 0.445 e. The molecular formula is C29H41N3O3. The zero-order valence-corrected chi connectivity index (χ0v) is 21.3. The molecule has 2 amide bonds. The first-order valence-corrected chi connectivity index (χ1v) is 12.9. The fraction of sp³-hybridized carbons (Fsp3) is 0.517. The summed E-state index contributed by atoms with van der Waals surface area (Å²) in [5, 5.41) is 6.03. The molecule has 1 aliphatic rings. The van der Waals surface area contributed by atoms with E-state index >= 15 is 0 Å². The van der Waals surface area contributed by atoms with Gasteiger partial charge < -0.3 is 20.3 Å². The molecule has 3 rings (SSSR count). The Kier molecular flexibility index (Phi) is 10.6. The number of nitrogens with zero attached hydrogens (tertiary/aromatic N) is 1. The van der Waals surface area contributed by atoms with Gasteiger partial charge in [-0.05, 0) is 70.2 Å². The Morgan fingerprint density at radius 1 is 0.914 bits per heavy atom. The summed E-state index contributed by atoms with van der Waals surface area (Å²) in [5.41, 5.74) is 2.51. The minimum Gasteiger partial charge on any atom is -0.445 e. The Balaban J connectivity index is 1.25. The Morgan fingerprint density at radius 2 is 1.54 bits per heavy atom. The summed E-state index contributed by atoms with van der Waals surface area (Å²) in [5.74, 6) is 0.144. The number of ether oxygens (including phenoxy) is 1. The van der Waals surface area contributed by atoms with E-state index in [1.165, 1.54) is 5.56 Å². The lowest BCUT2D eigenvalue weighted by atomic mass is 9.75. The van der Waals surface area contributed by atoms with E-state index < -0.39 is 6.09 Å². The van der Waals surface area contributed by atoms with Gasteiger partial charge in [0.05, 0.1) is 0 Å². The van der Waals surface area contributed by atoms with Gasteiger partial charge >= 0.3 is 6.09 Å². The molecule has 1 aliphatic carbocycles. The summed E-state index contributed by atoms with van der Waals surface area (Å²) in [6.45, 7) is 0.835. The standard InChI is InChI=1S/C29H41N3O3/c1-32(2)29(22-24-12-6-3-7-13-24)19-17-26(18-20-29)31-27(33)16-10-5-11-21-30-28(34)35-23-25-14-8-4-9-15-25/h3-4,6-9,12-15,26H,5,10-11,16-23H2,1-2H3,(H,30,34)(H,31,33). The molecular weight excluding hydrogens is 438 g/mol. The number of carbonyl (C=O) groups is 2. The van der Waals surface area contributed by atoms with E-state index in [0.29, 0.717) is 13.0 Å². The number of amides is 2. The van der Waals surface area contributed by atoms with Crippen LogP contribution < -0.4 is 10.6 Å². The van der Waals surface area contributed by atoms with Crippen LogP contribution in [0, 0.1) is 0 Å². The van der Waals surface area contributed by atoms with Crippen LogP contribution in [-0.2, 0) is 22.6 Å². The van der Waals surface area contributed by atoms with Crippen LogP contribution >= 0.6 is 0 Å². The molecule has 1 fully saturated rings. The highest BCUT2D eigenvalue weighted by atomic mass is 16.5. The molecule has 0 heterocycles. The molecule has 2 aromatic carbocycles. The van der Waals surface area contributed by atoms with Crippen LogP contribution in [0.15, 0.2) is 60.7 Å². The summed E-state index contributed by atoms with van der Waals surface area (Å²) < 4.78 is 5.20. The first-order valence-electron chi connectivity index (χ1n) is 12.9. The van der Waals surface area contributed by atoms with Gasteiger partial charge in [0.15, 0.2) is 0 Å². The van der Waals surface area contributed by atoms with E-state index in [-0.39, 0.29) is 24.1 Å². The van der Waals surface area contributed by atoms with Crippen molar-refractivity contribution in [3.63, 3.8) is 0 Å². The number of carbonyl (C=O) groups excluding carboxylic acids is 2. The van der Waals surface area contributed by atoms with Gasteiger partial charge in [-0.25, -0.2) is 4.79 Å². The molecule has 35 heavy (non-hydrogen) atoms. The minimum absolute atomic E-state index is 0.144. The monoisotopic (exact) mass is 479 g/mol. The number of unbranched alkanes of at least 4 members (excludes halogenated alkanes) is 2. The van der Waals surface area contributed by atoms with E-state index in [9.17, 15) is 9.59 Å². The summed E-state index contributed by atoms with van der Waals surface area (Å²) in [6.07, 6.45) is 7.97. The van der Waals surface area contributed by atoms with Gasteiger partial charge in [0, 0.05) is 24.5 Å². The number of nitrogens with one attached hydrogen (secondary N) is 2. The molecule has 0 unspecified atom stereocenters. The van der Waals surface area contributed by atoms with Crippen LogP contribution in [0.1, 0.15) is 62.5 Å². The molecule has 2 N–H and O–H groups in total. The molecule has 0 saturated heterocycles. The van der Waals surface area contributed by atoms with Crippen molar-refractivity contribution in [2.75, 3.05) is 20.6 Å². The average molecular weight is 480 g/mol. The lowest BCUT2D eigenvalue weighted by Crippen LogP contribution is -2.52. The molecule has 6 nitrogen and oxygen atoms in total. The van der Waals surface area contributed by atoms with Crippen molar-refractivity contribution in [3.8, 4) is 0 Å². The van der Waals surface area contributed by atoms with Crippen LogP contribution in [0.5, 0.6) is 0 Å². The highest BCUT2D eigenvalue weighted by molar-refractivity contribution is 5.76. The summed E-state index contributed by atoms with van der Waals surface area (Å²) >= 11 is 0. The molecule has 0 bridgehead atoms. The van der Waals surface area contributed by atoms with Gasteiger partial charge in [-0.3, -0.25) is 4.79 Å². The van der Waals surface area contributed by atoms with Crippen LogP contribution in [0.3, 0.4) is 0 Å². The molecule has 1 saturated carbocycles. The zero-order valence-electron chi connectivity index (χ0n) is 21.3. The predicted octanol–water partition coefficient (Wildman–Crippen LogP) is 5.08. The Labute approximate surface area is 210 Å². The minimum atomic E-state index is -0.398. The topological polar surface area (TPSA) is 70.7 Å². The molecule has 2 aromatic rings. The van der Waals surface area contributed by atoms with Crippen LogP contribution in [-0.4, -0.2) is 49.1 Å². The van der Waals surface area contributed by atoms with Crippen LogP contribution in [0.4, 0.5) is 4.79 Å². The van der Waals surface area contributed by atoms with Gasteiger partial charge in [0.1, 0.15) is 6.61 Å². The normalized spacial score (nSPS) is 19.8. The molecule has 0 atom stereocenters. The predicted molar refractivity (Wildman–Crippen MR) is 140 cm³/mol. The van der Waals surface area contributed by atoms with Gasteiger partial charge in [-0.15, -0.1) is 0 Å². The molecule has 190 valence electrons. The highest BCUT2D eigenvalue weighted by Gasteiger charge is 2.37. The van der Waals surface area contributed by atoms with Crippen molar-refractivity contribution in [2.24, 2.45) is 0 Å². The number of rotatable bonds is 12. The SMILES string of the molecule is CN(C)C1(Cc2ccccc2)CCC(NC(=O)CCCCCNC(=O)OCc2ccccc2)CC1. The van der Waals surface area contributed by atoms with Crippen molar-refractivity contribution in [1.29, 1.82) is 0 Å². The molecule has 0 aromatic heterocycles. The van der Waals surface area contributed by atoms with Crippen LogP contribution in [0.2, 0.25) is 0 Å². The number of alkyl carbamates (subject to hydrolysis) is 1. The first kappa shape index (κ1) is 26.7. The van der Waals surface area contributed by atoms with Crippen molar-refractivity contribution in [1.82, 2.24) is 15.5 Å². The summed E-state index contributed by atoms with van der Waals surface area (Å²) in [4.78, 5) is 26.6. The summed E-state index contributed by atoms with van der Waals surface area (Å²) in [7, 11) is 4.36. The van der Waals surface area contributed by atoms with Gasteiger partial charge in [0.2, 0.25) is 5.91 Å². The highest BCUT2D eigenvalue weighted by Crippen LogP contribution is 2.35. The van der Waals surface area contributed by atoms with Crippen molar-refractivity contribution in [3.05, 3.63) is 71.8 Å². The quantitative estimate of drug-likeness (QED) is 0.417. The number of hydrogen-bond donors (Lipinski definition) is 2. The van der Waals surface area contributed by atoms with E-state index in [4.69, 9.17) is 4.74 Å². The molecule has 0 radical (unpaired) electrons. The molecule has 6 heteroatoms. The van der Waals surface area contributed by atoms with Gasteiger partial charge in [-0.1, -0.05) is 67.1 Å².